The van der Waals surface area contributed by atoms with Gasteiger partial charge in [0.25, 0.3) is 0 Å². The van der Waals surface area contributed by atoms with Gasteiger partial charge in [0.05, 0.1) is 22.7 Å². The minimum Gasteiger partial charge on any atom is -0.508 e. The van der Waals surface area contributed by atoms with Crippen LogP contribution in [0.25, 0.3) is 21.8 Å². The molecule has 7 heteroatoms. The van der Waals surface area contributed by atoms with E-state index in [0.29, 0.717) is 17.9 Å². The van der Waals surface area contributed by atoms with Crippen LogP contribution in [0, 0.1) is 3.57 Å². The number of aromatic hydroxyl groups is 1. The molecule has 2 aromatic carbocycles. The molecule has 0 unspecified atom stereocenters. The zero-order valence-corrected chi connectivity index (χ0v) is 19.4. The number of thiophene rings is 1. The maximum atomic E-state index is 12.8. The number of fused-ring (bicyclic) bond motifs is 3. The Bertz CT molecular complexity index is 1270. The Balaban J connectivity index is 1.52. The molecule has 31 heavy (non-hydrogen) atoms. The van der Waals surface area contributed by atoms with Crippen LogP contribution < -0.4 is 5.32 Å². The Hall–Kier alpha value is -2.78. The second kappa shape index (κ2) is 8.39. The van der Waals surface area contributed by atoms with Crippen molar-refractivity contribution in [2.45, 2.75) is 19.3 Å². The summed E-state index contributed by atoms with van der Waals surface area (Å²) in [5, 5.41) is 14.8. The highest BCUT2D eigenvalue weighted by molar-refractivity contribution is 14.1. The van der Waals surface area contributed by atoms with Crippen molar-refractivity contribution in [3.63, 3.8) is 0 Å². The molecule has 0 saturated carbocycles. The van der Waals surface area contributed by atoms with Crippen molar-refractivity contribution in [2.75, 3.05) is 5.32 Å². The molecule has 0 saturated heterocycles. The second-order valence-electron chi connectivity index (χ2n) is 7.39. The van der Waals surface area contributed by atoms with Crippen molar-refractivity contribution in [3.05, 3.63) is 80.4 Å². The zero-order valence-electron chi connectivity index (χ0n) is 16.4. The summed E-state index contributed by atoms with van der Waals surface area (Å²) < 4.78 is 1.14. The van der Waals surface area contributed by atoms with E-state index in [1.165, 1.54) is 0 Å². The first-order valence-electron chi connectivity index (χ1n) is 9.88. The Labute approximate surface area is 197 Å². The lowest BCUT2D eigenvalue weighted by Gasteiger charge is -2.21. The number of aromatic nitrogens is 2. The highest BCUT2D eigenvalue weighted by Crippen LogP contribution is 2.37. The van der Waals surface area contributed by atoms with Crippen molar-refractivity contribution < 1.29 is 9.90 Å². The molecule has 0 aliphatic heterocycles. The molecule has 0 bridgehead atoms. The number of phenols is 1. The predicted molar refractivity (Wildman–Crippen MR) is 131 cm³/mol. The summed E-state index contributed by atoms with van der Waals surface area (Å²) >= 11 is 3.81. The molecule has 1 amide bonds. The molecule has 1 aliphatic rings. The summed E-state index contributed by atoms with van der Waals surface area (Å²) in [6.45, 7) is 0. The monoisotopic (exact) mass is 539 g/mol. The molecule has 2 N–H and O–H groups in total. The lowest BCUT2D eigenvalue weighted by atomic mass is 9.91. The number of hydrogen-bond donors (Lipinski definition) is 2. The Morgan fingerprint density at radius 3 is 2.68 bits per heavy atom. The van der Waals surface area contributed by atoms with Crippen LogP contribution in [0.5, 0.6) is 5.75 Å². The summed E-state index contributed by atoms with van der Waals surface area (Å²) in [4.78, 5) is 23.5. The molecule has 5 rings (SSSR count). The van der Waals surface area contributed by atoms with Crippen LogP contribution in [0.1, 0.15) is 16.8 Å². The van der Waals surface area contributed by atoms with E-state index in [1.54, 1.807) is 23.5 Å². The maximum absolute atomic E-state index is 12.8. The number of aryl methyl sites for hydroxylation is 2. The molecule has 5 nitrogen and oxygen atoms in total. The minimum atomic E-state index is -0.116. The van der Waals surface area contributed by atoms with E-state index in [0.717, 1.165) is 42.9 Å². The topological polar surface area (TPSA) is 75.1 Å². The molecule has 2 heterocycles. The first kappa shape index (κ1) is 20.1. The number of carbonyl (C=O) groups is 1. The number of carbonyl (C=O) groups excluding carboxylic acids is 1. The van der Waals surface area contributed by atoms with Gasteiger partial charge in [-0.05, 0) is 88.3 Å². The highest BCUT2D eigenvalue weighted by atomic mass is 127. The van der Waals surface area contributed by atoms with Gasteiger partial charge in [-0.1, -0.05) is 18.2 Å². The number of phenolic OH excluding ortho intramolecular Hbond substituents is 1. The number of benzene rings is 2. The van der Waals surface area contributed by atoms with E-state index in [2.05, 4.69) is 27.9 Å². The molecule has 0 spiro atoms. The maximum Gasteiger partial charge on any atom is 0.230 e. The predicted octanol–water partition coefficient (Wildman–Crippen LogP) is 5.46. The Morgan fingerprint density at radius 1 is 1.06 bits per heavy atom. The van der Waals surface area contributed by atoms with Crippen LogP contribution >= 0.6 is 33.9 Å². The van der Waals surface area contributed by atoms with Crippen molar-refractivity contribution in [1.29, 1.82) is 0 Å². The second-order valence-corrected chi connectivity index (χ2v) is 9.58. The van der Waals surface area contributed by atoms with Crippen molar-refractivity contribution >= 4 is 45.7 Å². The number of nitrogens with zero attached hydrogens (tertiary/aromatic N) is 2. The van der Waals surface area contributed by atoms with E-state index < -0.39 is 0 Å². The Kier molecular flexibility index (Phi) is 5.45. The number of halogens is 1. The summed E-state index contributed by atoms with van der Waals surface area (Å²) in [7, 11) is 0. The van der Waals surface area contributed by atoms with Crippen LogP contribution in [0.15, 0.2) is 60.0 Å². The van der Waals surface area contributed by atoms with Gasteiger partial charge in [-0.25, -0.2) is 9.97 Å². The first-order valence-corrected chi connectivity index (χ1v) is 11.8. The van der Waals surface area contributed by atoms with Gasteiger partial charge in [0.15, 0.2) is 5.82 Å². The van der Waals surface area contributed by atoms with Gasteiger partial charge in [-0.15, -0.1) is 11.3 Å². The third-order valence-electron chi connectivity index (χ3n) is 5.23. The highest BCUT2D eigenvalue weighted by Gasteiger charge is 2.23. The molecular formula is C24H18IN3O2S. The van der Waals surface area contributed by atoms with Gasteiger partial charge >= 0.3 is 0 Å². The number of nitrogens with one attached hydrogen (secondary N) is 1. The van der Waals surface area contributed by atoms with E-state index >= 15 is 0 Å². The van der Waals surface area contributed by atoms with E-state index in [9.17, 15) is 9.90 Å². The quantitative estimate of drug-likeness (QED) is 0.338. The molecule has 0 atom stereocenters. The fourth-order valence-corrected chi connectivity index (χ4v) is 4.84. The lowest BCUT2D eigenvalue weighted by Crippen LogP contribution is -2.18. The lowest BCUT2D eigenvalue weighted by molar-refractivity contribution is -0.115. The van der Waals surface area contributed by atoms with Gasteiger partial charge in [0, 0.05) is 9.13 Å². The first-order chi connectivity index (χ1) is 15.1. The fraction of sp³-hybridized carbons (Fsp3) is 0.125. The molecular weight excluding hydrogens is 521 g/mol. The Morgan fingerprint density at radius 2 is 1.90 bits per heavy atom. The van der Waals surface area contributed by atoms with Crippen LogP contribution in [0.2, 0.25) is 0 Å². The number of hydrogen-bond acceptors (Lipinski definition) is 5. The summed E-state index contributed by atoms with van der Waals surface area (Å²) in [6, 6.07) is 17.2. The molecule has 4 aromatic rings. The van der Waals surface area contributed by atoms with Crippen molar-refractivity contribution in [3.8, 4) is 27.6 Å². The van der Waals surface area contributed by atoms with Crippen molar-refractivity contribution in [2.24, 2.45) is 0 Å². The number of rotatable bonds is 4. The number of anilines is 1. The third kappa shape index (κ3) is 4.20. The standard InChI is InChI=1S/C24H18IN3O2S/c25-16-6-3-14(4-7-16)12-21(30)27-24-23(20-2-1-11-31-20)28-22-18-9-8-17(29)13-15(18)5-10-19(22)26-24/h1-4,6-9,11,13,29H,5,10,12H2,(H,26,27,30). The normalized spacial score (nSPS) is 12.2. The molecule has 0 fully saturated rings. The van der Waals surface area contributed by atoms with Crippen LogP contribution in [0.4, 0.5) is 5.82 Å². The smallest absolute Gasteiger partial charge is 0.230 e. The fourth-order valence-electron chi connectivity index (χ4n) is 3.77. The number of amides is 1. The average molecular weight is 539 g/mol. The third-order valence-corrected chi connectivity index (χ3v) is 6.83. The van der Waals surface area contributed by atoms with E-state index in [4.69, 9.17) is 9.97 Å². The summed E-state index contributed by atoms with van der Waals surface area (Å²) in [6.07, 6.45) is 1.77. The molecule has 1 aliphatic carbocycles. The van der Waals surface area contributed by atoms with Gasteiger partial charge in [-0.2, -0.15) is 0 Å². The average Bonchev–Trinajstić information content (AvgIpc) is 3.29. The summed E-state index contributed by atoms with van der Waals surface area (Å²) in [5.74, 6) is 0.640. The molecule has 154 valence electrons. The molecule has 2 aromatic heterocycles. The largest absolute Gasteiger partial charge is 0.508 e. The van der Waals surface area contributed by atoms with Crippen LogP contribution in [-0.4, -0.2) is 21.0 Å². The van der Waals surface area contributed by atoms with Gasteiger partial charge in [0.1, 0.15) is 11.4 Å². The minimum absolute atomic E-state index is 0.116. The zero-order chi connectivity index (χ0) is 21.4. The van der Waals surface area contributed by atoms with E-state index in [-0.39, 0.29) is 18.1 Å². The summed E-state index contributed by atoms with van der Waals surface area (Å²) in [5.41, 5.74) is 5.36. The van der Waals surface area contributed by atoms with Crippen molar-refractivity contribution in [1.82, 2.24) is 9.97 Å². The SMILES string of the molecule is O=C(Cc1ccc(I)cc1)Nc1nc2c(nc1-c1cccs1)-c1ccc(O)cc1CC2. The van der Waals surface area contributed by atoms with Gasteiger partial charge in [0.2, 0.25) is 5.91 Å². The van der Waals surface area contributed by atoms with Gasteiger partial charge in [-0.3, -0.25) is 4.79 Å². The molecule has 0 radical (unpaired) electrons. The van der Waals surface area contributed by atoms with Gasteiger partial charge < -0.3 is 10.4 Å². The van der Waals surface area contributed by atoms with Crippen LogP contribution in [-0.2, 0) is 24.1 Å². The van der Waals surface area contributed by atoms with E-state index in [1.807, 2.05) is 47.8 Å². The van der Waals surface area contributed by atoms with Crippen LogP contribution in [0.3, 0.4) is 0 Å².